The molecule has 1 aliphatic carbocycles. The summed E-state index contributed by atoms with van der Waals surface area (Å²) in [5.74, 6) is -0.258. The lowest BCUT2D eigenvalue weighted by Gasteiger charge is -2.16. The van der Waals surface area contributed by atoms with Crippen molar-refractivity contribution in [1.29, 1.82) is 0 Å². The number of ether oxygens (including phenoxy) is 1. The summed E-state index contributed by atoms with van der Waals surface area (Å²) in [7, 11) is 1.72. The monoisotopic (exact) mass is 668 g/mol. The summed E-state index contributed by atoms with van der Waals surface area (Å²) < 4.78 is 5.20. The van der Waals surface area contributed by atoms with Crippen molar-refractivity contribution < 1.29 is 23.9 Å². The summed E-state index contributed by atoms with van der Waals surface area (Å²) >= 11 is 0. The maximum absolute atomic E-state index is 12.3. The van der Waals surface area contributed by atoms with E-state index in [-0.39, 0.29) is 48.0 Å². The van der Waals surface area contributed by atoms with E-state index in [2.05, 4.69) is 45.5 Å². The lowest BCUT2D eigenvalue weighted by atomic mass is 9.98. The summed E-state index contributed by atoms with van der Waals surface area (Å²) in [5, 5.41) is 12.1. The standard InChI is InChI=1S/C19H40N6O3.C16H14O2.C2H6/c1-3-15(8-4-6-10-23-14-24-13-16(26)12-20)19(28)25-11-7-5-9-17(22-2)18(21)27;1-11(17)18-10-16-14-8-4-2-6-12(14)13-7-3-5-9-15(13)16;1-2/h15,17,22-24H,3-14,20H2,1-2H3,(H2,21,27)(H,25,28);2-9,16H,10H2,1H3;1-2H3/t15-,17-;;/m0../s1. The van der Waals surface area contributed by atoms with Crippen LogP contribution in [0.2, 0.25) is 0 Å². The zero-order valence-corrected chi connectivity index (χ0v) is 29.7. The molecule has 268 valence electrons. The molecule has 1 aliphatic rings. The number of hydrogen-bond donors (Lipinski definition) is 6. The fourth-order valence-electron chi connectivity index (χ4n) is 5.51. The third-order valence-electron chi connectivity index (χ3n) is 8.15. The summed E-state index contributed by atoms with van der Waals surface area (Å²) in [6.07, 6.45) is 6.00. The first-order valence-electron chi connectivity index (χ1n) is 17.4. The smallest absolute Gasteiger partial charge is 0.302 e. The Kier molecular flexibility index (Phi) is 22.4. The number of carbonyl (C=O) groups excluding carboxylic acids is 4. The van der Waals surface area contributed by atoms with E-state index in [1.165, 1.54) is 29.2 Å². The molecule has 0 spiro atoms. The van der Waals surface area contributed by atoms with Crippen LogP contribution in [-0.4, -0.2) is 76.1 Å². The molecule has 11 heteroatoms. The van der Waals surface area contributed by atoms with Crippen molar-refractivity contribution >= 4 is 23.6 Å². The second-order valence-corrected chi connectivity index (χ2v) is 11.5. The third-order valence-corrected chi connectivity index (χ3v) is 8.15. The van der Waals surface area contributed by atoms with Crippen molar-refractivity contribution in [3.05, 3.63) is 59.7 Å². The minimum Gasteiger partial charge on any atom is -0.465 e. The highest BCUT2D eigenvalue weighted by Crippen LogP contribution is 2.44. The third kappa shape index (κ3) is 15.5. The Morgan fingerprint density at radius 1 is 0.854 bits per heavy atom. The molecule has 11 nitrogen and oxygen atoms in total. The zero-order chi connectivity index (χ0) is 35.7. The first-order valence-corrected chi connectivity index (χ1v) is 17.4. The minimum atomic E-state index is -0.341. The van der Waals surface area contributed by atoms with E-state index < -0.39 is 0 Å². The number of Topliss-reactive ketones (excluding diaryl/α,β-unsaturated/α-hetero) is 1. The number of hydrogen-bond acceptors (Lipinski definition) is 9. The Hall–Kier alpha value is -3.64. The van der Waals surface area contributed by atoms with Crippen LogP contribution in [0.1, 0.15) is 89.7 Å². The number of unbranched alkanes of at least 4 members (excludes halogenated alkanes) is 2. The van der Waals surface area contributed by atoms with Crippen molar-refractivity contribution in [3.63, 3.8) is 0 Å². The quantitative estimate of drug-likeness (QED) is 0.0659. The first kappa shape index (κ1) is 42.4. The molecule has 2 amide bonds. The van der Waals surface area contributed by atoms with E-state index in [1.807, 2.05) is 45.0 Å². The van der Waals surface area contributed by atoms with Gasteiger partial charge >= 0.3 is 5.97 Å². The molecular formula is C37H60N6O5. The predicted octanol–water partition coefficient (Wildman–Crippen LogP) is 3.60. The average molecular weight is 669 g/mol. The molecule has 0 fully saturated rings. The molecule has 0 radical (unpaired) electrons. The maximum atomic E-state index is 12.3. The molecule has 0 aromatic heterocycles. The Morgan fingerprint density at radius 3 is 1.98 bits per heavy atom. The fraction of sp³-hybridized carbons (Fsp3) is 0.568. The van der Waals surface area contributed by atoms with Gasteiger partial charge in [-0.2, -0.15) is 0 Å². The highest BCUT2D eigenvalue weighted by Gasteiger charge is 2.28. The van der Waals surface area contributed by atoms with Crippen molar-refractivity contribution in [1.82, 2.24) is 21.3 Å². The van der Waals surface area contributed by atoms with E-state index >= 15 is 0 Å². The zero-order valence-electron chi connectivity index (χ0n) is 29.7. The molecule has 2 atom stereocenters. The van der Waals surface area contributed by atoms with Gasteiger partial charge in [0.05, 0.1) is 19.1 Å². The average Bonchev–Trinajstić information content (AvgIpc) is 3.42. The normalized spacial score (nSPS) is 12.6. The largest absolute Gasteiger partial charge is 0.465 e. The van der Waals surface area contributed by atoms with Crippen LogP contribution in [0.15, 0.2) is 48.5 Å². The van der Waals surface area contributed by atoms with Gasteiger partial charge < -0.3 is 32.2 Å². The molecule has 0 saturated heterocycles. The van der Waals surface area contributed by atoms with Crippen LogP contribution in [0.25, 0.3) is 11.1 Å². The Labute approximate surface area is 287 Å². The number of esters is 1. The molecule has 3 rings (SSSR count). The SMILES string of the molecule is CC.CC(=O)OCC1c2ccccc2-c2ccccc21.CC[C@@H](CCCCNCNCC(=O)CN)C(=O)NCCCC[C@H](NC)C(N)=O. The van der Waals surface area contributed by atoms with Gasteiger partial charge in [0.25, 0.3) is 0 Å². The van der Waals surface area contributed by atoms with Gasteiger partial charge in [0.15, 0.2) is 5.78 Å². The topological polar surface area (TPSA) is 178 Å². The van der Waals surface area contributed by atoms with Gasteiger partial charge in [0, 0.05) is 32.0 Å². The fourth-order valence-corrected chi connectivity index (χ4v) is 5.51. The lowest BCUT2D eigenvalue weighted by Crippen LogP contribution is -2.39. The molecule has 8 N–H and O–H groups in total. The van der Waals surface area contributed by atoms with Crippen LogP contribution in [0.5, 0.6) is 0 Å². The Bertz CT molecular complexity index is 1190. The number of nitrogens with one attached hydrogen (secondary N) is 4. The van der Waals surface area contributed by atoms with Crippen LogP contribution in [0.3, 0.4) is 0 Å². The second kappa shape index (κ2) is 25.4. The van der Waals surface area contributed by atoms with Crippen LogP contribution in [0.4, 0.5) is 0 Å². The molecule has 2 aromatic rings. The number of primary amides is 1. The minimum absolute atomic E-state index is 0.00619. The van der Waals surface area contributed by atoms with Gasteiger partial charge in [-0.1, -0.05) is 75.7 Å². The lowest BCUT2D eigenvalue weighted by molar-refractivity contribution is -0.141. The van der Waals surface area contributed by atoms with Crippen molar-refractivity contribution in [2.24, 2.45) is 17.4 Å². The van der Waals surface area contributed by atoms with Crippen LogP contribution >= 0.6 is 0 Å². The number of nitrogens with two attached hydrogens (primary N) is 2. The molecule has 0 bridgehead atoms. The highest BCUT2D eigenvalue weighted by atomic mass is 16.5. The number of rotatable bonds is 21. The number of fused-ring (bicyclic) bond motifs is 3. The maximum Gasteiger partial charge on any atom is 0.302 e. The van der Waals surface area contributed by atoms with E-state index in [4.69, 9.17) is 16.2 Å². The molecule has 0 unspecified atom stereocenters. The summed E-state index contributed by atoms with van der Waals surface area (Å²) in [4.78, 5) is 45.4. The van der Waals surface area contributed by atoms with Gasteiger partial charge in [0.2, 0.25) is 11.8 Å². The van der Waals surface area contributed by atoms with Gasteiger partial charge in [-0.3, -0.25) is 24.5 Å². The van der Waals surface area contributed by atoms with Crippen LogP contribution < -0.4 is 32.7 Å². The molecule has 48 heavy (non-hydrogen) atoms. The molecule has 0 saturated carbocycles. The van der Waals surface area contributed by atoms with Gasteiger partial charge in [-0.25, -0.2) is 0 Å². The molecule has 0 heterocycles. The van der Waals surface area contributed by atoms with E-state index in [0.717, 1.165) is 45.1 Å². The van der Waals surface area contributed by atoms with E-state index in [0.29, 0.717) is 32.8 Å². The predicted molar refractivity (Wildman–Crippen MR) is 193 cm³/mol. The molecule has 2 aromatic carbocycles. The van der Waals surface area contributed by atoms with Crippen molar-refractivity contribution in [2.45, 2.75) is 84.6 Å². The number of carbonyl (C=O) groups is 4. The first-order chi connectivity index (χ1) is 23.2. The highest BCUT2D eigenvalue weighted by molar-refractivity contribution is 5.82. The van der Waals surface area contributed by atoms with Crippen molar-refractivity contribution in [3.8, 4) is 11.1 Å². The Balaban J connectivity index is 0.000000489. The van der Waals surface area contributed by atoms with Gasteiger partial charge in [-0.05, 0) is 74.4 Å². The number of likely N-dealkylation sites (N-methyl/N-ethyl adjacent to an activating group) is 1. The number of ketones is 1. The van der Waals surface area contributed by atoms with E-state index in [9.17, 15) is 19.2 Å². The van der Waals surface area contributed by atoms with Gasteiger partial charge in [0.1, 0.15) is 6.61 Å². The summed E-state index contributed by atoms with van der Waals surface area (Å²) in [5.41, 5.74) is 15.5. The van der Waals surface area contributed by atoms with Gasteiger partial charge in [-0.15, -0.1) is 0 Å². The molecule has 0 aliphatic heterocycles. The number of benzene rings is 2. The molecular weight excluding hydrogens is 608 g/mol. The Morgan fingerprint density at radius 2 is 1.44 bits per heavy atom. The second-order valence-electron chi connectivity index (χ2n) is 11.5. The van der Waals surface area contributed by atoms with Crippen molar-refractivity contribution in [2.75, 3.05) is 46.5 Å². The van der Waals surface area contributed by atoms with Crippen LogP contribution in [0, 0.1) is 5.92 Å². The summed E-state index contributed by atoms with van der Waals surface area (Å²) in [6.45, 7) is 10.3. The van der Waals surface area contributed by atoms with Crippen LogP contribution in [-0.2, 0) is 23.9 Å². The number of amides is 2. The summed E-state index contributed by atoms with van der Waals surface area (Å²) in [6, 6.07) is 16.3. The van der Waals surface area contributed by atoms with E-state index in [1.54, 1.807) is 7.05 Å².